The van der Waals surface area contributed by atoms with Gasteiger partial charge in [0.05, 0.1) is 0 Å². The number of hydrogen-bond acceptors (Lipinski definition) is 3. The molecule has 6 heteroatoms. The molecule has 1 N–H and O–H groups in total. The van der Waals surface area contributed by atoms with Gasteiger partial charge in [0.15, 0.2) is 0 Å². The monoisotopic (exact) mass is 400 g/mol. The maximum absolute atomic E-state index is 12.9. The molecule has 0 aliphatic rings. The van der Waals surface area contributed by atoms with Gasteiger partial charge in [-0.25, -0.2) is 4.39 Å². The number of rotatable bonds is 6. The number of ether oxygens (including phenoxy) is 1. The second-order valence-electron chi connectivity index (χ2n) is 4.91. The minimum absolute atomic E-state index is 0.106. The van der Waals surface area contributed by atoms with Crippen LogP contribution in [0.4, 0.5) is 10.1 Å². The van der Waals surface area contributed by atoms with Crippen molar-refractivity contribution in [1.29, 1.82) is 5.26 Å². The van der Waals surface area contributed by atoms with Crippen LogP contribution in [0.25, 0.3) is 6.08 Å². The Balaban J connectivity index is 2.28. The molecule has 25 heavy (non-hydrogen) atoms. The largest absolute Gasteiger partial charge is 0.489 e. The fourth-order valence-electron chi connectivity index (χ4n) is 1.95. The molecule has 0 bridgehead atoms. The fourth-order valence-corrected chi connectivity index (χ4v) is 2.33. The Bertz CT molecular complexity index is 855. The number of hydrogen-bond donors (Lipinski definition) is 1. The van der Waals surface area contributed by atoms with Crippen molar-refractivity contribution in [3.8, 4) is 11.8 Å². The van der Waals surface area contributed by atoms with Crippen molar-refractivity contribution < 1.29 is 13.9 Å². The van der Waals surface area contributed by atoms with E-state index in [4.69, 9.17) is 4.74 Å². The molecule has 2 aromatic carbocycles. The smallest absolute Gasteiger partial charge is 0.266 e. The molecule has 4 nitrogen and oxygen atoms in total. The number of nitriles is 1. The van der Waals surface area contributed by atoms with Crippen LogP contribution in [0.2, 0.25) is 0 Å². The van der Waals surface area contributed by atoms with E-state index in [9.17, 15) is 14.4 Å². The van der Waals surface area contributed by atoms with Gasteiger partial charge < -0.3 is 10.1 Å². The summed E-state index contributed by atoms with van der Waals surface area (Å²) < 4.78 is 19.2. The summed E-state index contributed by atoms with van der Waals surface area (Å²) in [5, 5.41) is 11.9. The van der Waals surface area contributed by atoms with E-state index in [1.54, 1.807) is 24.3 Å². The molecule has 0 unspecified atom stereocenters. The second kappa shape index (κ2) is 8.81. The fraction of sp³-hybridized carbons (Fsp3) is 0.0526. The molecule has 0 radical (unpaired) electrons. The van der Waals surface area contributed by atoms with Crippen molar-refractivity contribution in [2.75, 3.05) is 11.9 Å². The first-order valence-electron chi connectivity index (χ1n) is 7.25. The summed E-state index contributed by atoms with van der Waals surface area (Å²) in [6.45, 7) is 3.89. The SMILES string of the molecule is C=CCOc1ccc(Br)cc1/C=C(/C#N)C(=O)Nc1ccc(F)cc1. The van der Waals surface area contributed by atoms with Crippen LogP contribution in [0.1, 0.15) is 5.56 Å². The topological polar surface area (TPSA) is 62.1 Å². The van der Waals surface area contributed by atoms with Crippen LogP contribution in [0.3, 0.4) is 0 Å². The molecule has 2 rings (SSSR count). The van der Waals surface area contributed by atoms with E-state index in [1.807, 2.05) is 6.07 Å². The summed E-state index contributed by atoms with van der Waals surface area (Å²) in [6, 6.07) is 12.4. The van der Waals surface area contributed by atoms with Crippen LogP contribution < -0.4 is 10.1 Å². The van der Waals surface area contributed by atoms with E-state index < -0.39 is 11.7 Å². The van der Waals surface area contributed by atoms with Crippen molar-refractivity contribution >= 4 is 33.6 Å². The number of nitrogens with zero attached hydrogens (tertiary/aromatic N) is 1. The third-order valence-electron chi connectivity index (χ3n) is 3.10. The standard InChI is InChI=1S/C19H14BrFN2O2/c1-2-9-25-18-8-3-15(20)11-13(18)10-14(12-22)19(24)23-17-6-4-16(21)5-7-17/h2-8,10-11H,1,9H2,(H,23,24)/b14-10-. The zero-order valence-electron chi connectivity index (χ0n) is 13.1. The second-order valence-corrected chi connectivity index (χ2v) is 5.83. The minimum Gasteiger partial charge on any atom is -0.489 e. The van der Waals surface area contributed by atoms with E-state index in [0.29, 0.717) is 23.6 Å². The number of halogens is 2. The average Bonchev–Trinajstić information content (AvgIpc) is 2.60. The van der Waals surface area contributed by atoms with Crippen LogP contribution in [0.5, 0.6) is 5.75 Å². The Labute approximate surface area is 153 Å². The molecule has 0 aromatic heterocycles. The summed E-state index contributed by atoms with van der Waals surface area (Å²) >= 11 is 3.35. The predicted octanol–water partition coefficient (Wildman–Crippen LogP) is 4.70. The molecule has 0 aliphatic heterocycles. The average molecular weight is 401 g/mol. The lowest BCUT2D eigenvalue weighted by molar-refractivity contribution is -0.112. The van der Waals surface area contributed by atoms with E-state index in [2.05, 4.69) is 27.8 Å². The van der Waals surface area contributed by atoms with Gasteiger partial charge >= 0.3 is 0 Å². The van der Waals surface area contributed by atoms with Gasteiger partial charge in [-0.3, -0.25) is 4.79 Å². The van der Waals surface area contributed by atoms with E-state index in [-0.39, 0.29) is 5.57 Å². The van der Waals surface area contributed by atoms with E-state index in [0.717, 1.165) is 4.47 Å². The number of carbonyl (C=O) groups is 1. The molecule has 0 saturated carbocycles. The predicted molar refractivity (Wildman–Crippen MR) is 98.5 cm³/mol. The maximum atomic E-state index is 12.9. The third-order valence-corrected chi connectivity index (χ3v) is 3.59. The van der Waals surface area contributed by atoms with Crippen LogP contribution in [-0.2, 0) is 4.79 Å². The highest BCUT2D eigenvalue weighted by Crippen LogP contribution is 2.26. The Morgan fingerprint density at radius 2 is 2.04 bits per heavy atom. The zero-order valence-corrected chi connectivity index (χ0v) is 14.7. The normalized spacial score (nSPS) is 10.7. The molecule has 126 valence electrons. The van der Waals surface area contributed by atoms with E-state index in [1.165, 1.54) is 30.3 Å². The van der Waals surface area contributed by atoms with Gasteiger partial charge in [0.1, 0.15) is 29.8 Å². The summed E-state index contributed by atoms with van der Waals surface area (Å²) in [4.78, 5) is 12.3. The number of nitrogens with one attached hydrogen (secondary N) is 1. The highest BCUT2D eigenvalue weighted by atomic mass is 79.9. The lowest BCUT2D eigenvalue weighted by Crippen LogP contribution is -2.13. The van der Waals surface area contributed by atoms with Gasteiger partial charge in [0.2, 0.25) is 0 Å². The summed E-state index contributed by atoms with van der Waals surface area (Å²) in [7, 11) is 0. The van der Waals surface area contributed by atoms with Crippen LogP contribution in [0.15, 0.2) is 65.2 Å². The van der Waals surface area contributed by atoms with Gasteiger partial charge in [-0.05, 0) is 48.5 Å². The molecular formula is C19H14BrFN2O2. The highest BCUT2D eigenvalue weighted by molar-refractivity contribution is 9.10. The number of amides is 1. The van der Waals surface area contributed by atoms with Crippen LogP contribution in [0, 0.1) is 17.1 Å². The number of benzene rings is 2. The molecule has 0 heterocycles. The van der Waals surface area contributed by atoms with Crippen LogP contribution >= 0.6 is 15.9 Å². The Kier molecular flexibility index (Phi) is 6.49. The number of carbonyl (C=O) groups excluding carboxylic acids is 1. The van der Waals surface area contributed by atoms with Crippen molar-refractivity contribution in [3.63, 3.8) is 0 Å². The van der Waals surface area contributed by atoms with Crippen molar-refractivity contribution in [1.82, 2.24) is 0 Å². The zero-order chi connectivity index (χ0) is 18.2. The van der Waals surface area contributed by atoms with Crippen molar-refractivity contribution in [2.45, 2.75) is 0 Å². The van der Waals surface area contributed by atoms with E-state index >= 15 is 0 Å². The maximum Gasteiger partial charge on any atom is 0.266 e. The third kappa shape index (κ3) is 5.30. The summed E-state index contributed by atoms with van der Waals surface area (Å²) in [5.74, 6) is -0.485. The first-order chi connectivity index (χ1) is 12.0. The Morgan fingerprint density at radius 1 is 1.32 bits per heavy atom. The van der Waals surface area contributed by atoms with Gasteiger partial charge in [0, 0.05) is 15.7 Å². The number of anilines is 1. The summed E-state index contributed by atoms with van der Waals surface area (Å²) in [5.41, 5.74) is 0.859. The van der Waals surface area contributed by atoms with Crippen LogP contribution in [-0.4, -0.2) is 12.5 Å². The van der Waals surface area contributed by atoms with Gasteiger partial charge in [0.25, 0.3) is 5.91 Å². The first kappa shape index (κ1) is 18.4. The summed E-state index contributed by atoms with van der Waals surface area (Å²) in [6.07, 6.45) is 3.03. The quantitative estimate of drug-likeness (QED) is 0.434. The molecule has 0 fully saturated rings. The van der Waals surface area contributed by atoms with Gasteiger partial charge in [-0.1, -0.05) is 28.6 Å². The Morgan fingerprint density at radius 3 is 2.68 bits per heavy atom. The van der Waals surface area contributed by atoms with Crippen molar-refractivity contribution in [3.05, 3.63) is 76.5 Å². The molecule has 0 saturated heterocycles. The molecule has 0 atom stereocenters. The van der Waals surface area contributed by atoms with Gasteiger partial charge in [-0.2, -0.15) is 5.26 Å². The molecular weight excluding hydrogens is 387 g/mol. The minimum atomic E-state index is -0.594. The van der Waals surface area contributed by atoms with Gasteiger partial charge in [-0.15, -0.1) is 0 Å². The Hall–Kier alpha value is -2.91. The highest BCUT2D eigenvalue weighted by Gasteiger charge is 2.12. The molecule has 2 aromatic rings. The first-order valence-corrected chi connectivity index (χ1v) is 8.04. The van der Waals surface area contributed by atoms with Crippen molar-refractivity contribution in [2.24, 2.45) is 0 Å². The lowest BCUT2D eigenvalue weighted by Gasteiger charge is -2.09. The molecule has 0 spiro atoms. The molecule has 0 aliphatic carbocycles. The molecule has 1 amide bonds. The lowest BCUT2D eigenvalue weighted by atomic mass is 10.1.